The number of nitrogens with zero attached hydrogens (tertiary/aromatic N) is 1. The van der Waals surface area contributed by atoms with E-state index in [4.69, 9.17) is 9.05 Å². The molecule has 0 saturated carbocycles. The SMILES string of the molecule is CCCCCCCCCCCCCCCCCCCCCCC(=O)NC(COP(=O)(O)OCC[N+](C)(C)C)C(O)CCCCCCCCCCCCCCCCCCCC. The summed E-state index contributed by atoms with van der Waals surface area (Å²) in [6.45, 7) is 4.93. The van der Waals surface area contributed by atoms with Crippen molar-refractivity contribution in [1.82, 2.24) is 5.32 Å². The van der Waals surface area contributed by atoms with Gasteiger partial charge in [0.05, 0.1) is 39.9 Å². The second-order valence-corrected chi connectivity index (χ2v) is 21.1. The van der Waals surface area contributed by atoms with Gasteiger partial charge in [-0.15, -0.1) is 0 Å². The van der Waals surface area contributed by atoms with Gasteiger partial charge in [0.2, 0.25) is 5.91 Å². The summed E-state index contributed by atoms with van der Waals surface area (Å²) in [6, 6.07) is -0.754. The van der Waals surface area contributed by atoms with E-state index >= 15 is 0 Å². The zero-order valence-electron chi connectivity index (χ0n) is 41.0. The lowest BCUT2D eigenvalue weighted by molar-refractivity contribution is -0.870. The van der Waals surface area contributed by atoms with Crippen molar-refractivity contribution >= 4 is 13.7 Å². The van der Waals surface area contributed by atoms with Crippen LogP contribution in [0.15, 0.2) is 0 Å². The molecule has 60 heavy (non-hydrogen) atoms. The molecule has 0 aromatic heterocycles. The third-order valence-electron chi connectivity index (χ3n) is 12.4. The zero-order chi connectivity index (χ0) is 44.3. The number of likely N-dealkylation sites (N-methyl/N-ethyl adjacent to an activating group) is 1. The van der Waals surface area contributed by atoms with E-state index in [1.165, 1.54) is 205 Å². The molecule has 0 bridgehead atoms. The summed E-state index contributed by atoms with van der Waals surface area (Å²) in [7, 11) is 1.63. The van der Waals surface area contributed by atoms with Gasteiger partial charge in [-0.3, -0.25) is 13.8 Å². The maximum atomic E-state index is 13.0. The summed E-state index contributed by atoms with van der Waals surface area (Å²) < 4.78 is 23.7. The molecule has 0 aliphatic carbocycles. The molecule has 0 saturated heterocycles. The van der Waals surface area contributed by atoms with Crippen LogP contribution in [-0.2, 0) is 18.4 Å². The minimum Gasteiger partial charge on any atom is -0.391 e. The van der Waals surface area contributed by atoms with Crippen LogP contribution in [-0.4, -0.2) is 73.4 Å². The number of carbonyl (C=O) groups excluding carboxylic acids is 1. The van der Waals surface area contributed by atoms with E-state index < -0.39 is 20.0 Å². The number of aliphatic hydroxyl groups is 1. The first-order chi connectivity index (χ1) is 29.0. The monoisotopic (exact) mass is 874 g/mol. The lowest BCUT2D eigenvalue weighted by Crippen LogP contribution is -2.46. The summed E-state index contributed by atoms with van der Waals surface area (Å²) in [6.07, 6.45) is 49.9. The summed E-state index contributed by atoms with van der Waals surface area (Å²) in [5.41, 5.74) is 0. The van der Waals surface area contributed by atoms with Crippen LogP contribution < -0.4 is 5.32 Å². The average molecular weight is 874 g/mol. The van der Waals surface area contributed by atoms with E-state index in [-0.39, 0.29) is 19.1 Å². The number of carbonyl (C=O) groups is 1. The summed E-state index contributed by atoms with van der Waals surface area (Å²) in [5.74, 6) is -0.137. The first kappa shape index (κ1) is 59.5. The fourth-order valence-electron chi connectivity index (χ4n) is 8.17. The number of unbranched alkanes of at least 4 members (excludes halogenated alkanes) is 36. The predicted molar refractivity (Wildman–Crippen MR) is 259 cm³/mol. The fraction of sp³-hybridized carbons (Fsp3) is 0.980. The Hall–Kier alpha value is -0.500. The van der Waals surface area contributed by atoms with Gasteiger partial charge in [0, 0.05) is 6.42 Å². The highest BCUT2D eigenvalue weighted by atomic mass is 31.2. The van der Waals surface area contributed by atoms with Gasteiger partial charge in [-0.25, -0.2) is 4.57 Å². The van der Waals surface area contributed by atoms with Crippen LogP contribution in [0.25, 0.3) is 0 Å². The predicted octanol–water partition coefficient (Wildman–Crippen LogP) is 15.3. The Kier molecular flexibility index (Phi) is 43.4. The van der Waals surface area contributed by atoms with Crippen molar-refractivity contribution in [3.05, 3.63) is 0 Å². The van der Waals surface area contributed by atoms with Gasteiger partial charge in [-0.1, -0.05) is 251 Å². The first-order valence-corrected chi connectivity index (χ1v) is 27.9. The Balaban J connectivity index is 4.20. The molecule has 0 heterocycles. The molecule has 0 aromatic carbocycles. The molecule has 0 aromatic rings. The molecule has 3 N–H and O–H groups in total. The highest BCUT2D eigenvalue weighted by Gasteiger charge is 2.28. The van der Waals surface area contributed by atoms with E-state index in [1.807, 2.05) is 21.1 Å². The van der Waals surface area contributed by atoms with Crippen LogP contribution >= 0.6 is 7.82 Å². The maximum Gasteiger partial charge on any atom is 0.472 e. The molecule has 3 atom stereocenters. The van der Waals surface area contributed by atoms with Crippen LogP contribution in [0.3, 0.4) is 0 Å². The summed E-state index contributed by atoms with van der Waals surface area (Å²) in [5, 5.41) is 14.0. The number of hydrogen-bond acceptors (Lipinski definition) is 5. The van der Waals surface area contributed by atoms with Crippen LogP contribution in [0.1, 0.15) is 271 Å². The van der Waals surface area contributed by atoms with Gasteiger partial charge in [0.25, 0.3) is 0 Å². The Morgan fingerprint density at radius 2 is 0.800 bits per heavy atom. The van der Waals surface area contributed by atoms with E-state index in [0.29, 0.717) is 23.9 Å². The third-order valence-corrected chi connectivity index (χ3v) is 13.3. The molecule has 0 fully saturated rings. The van der Waals surface area contributed by atoms with Crippen molar-refractivity contribution in [3.63, 3.8) is 0 Å². The van der Waals surface area contributed by atoms with Crippen LogP contribution in [0.5, 0.6) is 0 Å². The lowest BCUT2D eigenvalue weighted by Gasteiger charge is -2.26. The minimum atomic E-state index is -4.31. The Morgan fingerprint density at radius 3 is 1.12 bits per heavy atom. The second kappa shape index (κ2) is 43.7. The molecule has 9 heteroatoms. The van der Waals surface area contributed by atoms with Crippen molar-refractivity contribution in [2.75, 3.05) is 40.9 Å². The van der Waals surface area contributed by atoms with Gasteiger partial charge in [-0.2, -0.15) is 0 Å². The molecular formula is C51H106N2O6P+. The van der Waals surface area contributed by atoms with Crippen molar-refractivity contribution < 1.29 is 32.9 Å². The van der Waals surface area contributed by atoms with Crippen molar-refractivity contribution in [1.29, 1.82) is 0 Å². The number of phosphoric ester groups is 1. The summed E-state index contributed by atoms with van der Waals surface area (Å²) in [4.78, 5) is 23.3. The molecule has 3 unspecified atom stereocenters. The Morgan fingerprint density at radius 1 is 0.500 bits per heavy atom. The van der Waals surface area contributed by atoms with E-state index in [9.17, 15) is 19.4 Å². The second-order valence-electron chi connectivity index (χ2n) is 19.6. The fourth-order valence-corrected chi connectivity index (χ4v) is 8.90. The van der Waals surface area contributed by atoms with Gasteiger partial charge in [-0.05, 0) is 12.8 Å². The number of hydrogen-bond donors (Lipinski definition) is 3. The maximum absolute atomic E-state index is 13.0. The summed E-state index contributed by atoms with van der Waals surface area (Å²) >= 11 is 0. The molecule has 0 rings (SSSR count). The van der Waals surface area contributed by atoms with Crippen LogP contribution in [0, 0.1) is 0 Å². The first-order valence-electron chi connectivity index (χ1n) is 26.4. The number of quaternary nitrogens is 1. The number of rotatable bonds is 49. The number of nitrogens with one attached hydrogen (secondary N) is 1. The van der Waals surface area contributed by atoms with Crippen LogP contribution in [0.2, 0.25) is 0 Å². The third kappa shape index (κ3) is 45.5. The largest absolute Gasteiger partial charge is 0.472 e. The van der Waals surface area contributed by atoms with Crippen molar-refractivity contribution in [2.24, 2.45) is 0 Å². The lowest BCUT2D eigenvalue weighted by atomic mass is 10.0. The topological polar surface area (TPSA) is 105 Å². The highest BCUT2D eigenvalue weighted by Crippen LogP contribution is 2.43. The number of aliphatic hydroxyl groups excluding tert-OH is 1. The normalized spacial score (nSPS) is 14.1. The zero-order valence-corrected chi connectivity index (χ0v) is 41.9. The molecular weight excluding hydrogens is 768 g/mol. The Labute approximate surface area is 374 Å². The molecule has 8 nitrogen and oxygen atoms in total. The van der Waals surface area contributed by atoms with Gasteiger partial charge < -0.3 is 19.8 Å². The smallest absolute Gasteiger partial charge is 0.391 e. The van der Waals surface area contributed by atoms with E-state index in [1.54, 1.807) is 0 Å². The standard InChI is InChI=1S/C51H105N2O6P/c1-6-8-10-12-14-16-18-20-22-24-26-27-29-31-33-35-37-39-41-43-45-51(55)52-49(48-59-60(56,57)58-47-46-53(3,4)5)50(54)44-42-40-38-36-34-32-30-28-25-23-21-19-17-15-13-11-9-7-2/h49-50,54H,6-48H2,1-5H3,(H-,52,55,56,57)/p+1. The molecule has 360 valence electrons. The quantitative estimate of drug-likeness (QED) is 0.0319. The molecule has 0 aliphatic rings. The Bertz CT molecular complexity index is 947. The average Bonchev–Trinajstić information content (AvgIpc) is 3.20. The van der Waals surface area contributed by atoms with Gasteiger partial charge in [0.15, 0.2) is 0 Å². The molecule has 0 radical (unpaired) electrons. The van der Waals surface area contributed by atoms with E-state index in [2.05, 4.69) is 19.2 Å². The van der Waals surface area contributed by atoms with Crippen LogP contribution in [0.4, 0.5) is 0 Å². The van der Waals surface area contributed by atoms with Crippen molar-refractivity contribution in [2.45, 2.75) is 283 Å². The number of phosphoric acid groups is 1. The molecule has 1 amide bonds. The highest BCUT2D eigenvalue weighted by molar-refractivity contribution is 7.47. The minimum absolute atomic E-state index is 0.0790. The van der Waals surface area contributed by atoms with Crippen molar-refractivity contribution in [3.8, 4) is 0 Å². The van der Waals surface area contributed by atoms with Gasteiger partial charge in [0.1, 0.15) is 13.2 Å². The molecule has 0 aliphatic heterocycles. The molecule has 0 spiro atoms. The van der Waals surface area contributed by atoms with E-state index in [0.717, 1.165) is 38.5 Å². The van der Waals surface area contributed by atoms with Gasteiger partial charge >= 0.3 is 7.82 Å². The number of amides is 1.